The smallest absolute Gasteiger partial charge is 0.379 e. The zero-order valence-electron chi connectivity index (χ0n) is 18.7. The quantitative estimate of drug-likeness (QED) is 0.177. The van der Waals surface area contributed by atoms with E-state index in [0.29, 0.717) is 22.5 Å². The molecule has 7 heteroatoms. The highest BCUT2D eigenvalue weighted by Crippen LogP contribution is 2.38. The number of fused-ring (bicyclic) bond motifs is 2. The molecule has 0 N–H and O–H groups in total. The van der Waals surface area contributed by atoms with Gasteiger partial charge in [-0.05, 0) is 66.6 Å². The Morgan fingerprint density at radius 3 is 2.53 bits per heavy atom. The van der Waals surface area contributed by atoms with Crippen molar-refractivity contribution in [2.75, 3.05) is 19.0 Å². The van der Waals surface area contributed by atoms with Gasteiger partial charge in [0.05, 0.1) is 5.56 Å². The molecule has 1 aliphatic heterocycles. The molecule has 0 fully saturated rings. The van der Waals surface area contributed by atoms with Crippen LogP contribution in [0.15, 0.2) is 75.3 Å². The summed E-state index contributed by atoms with van der Waals surface area (Å²) in [6.07, 6.45) is 1.71. The van der Waals surface area contributed by atoms with Gasteiger partial charge in [-0.15, -0.1) is 0 Å². The van der Waals surface area contributed by atoms with Gasteiger partial charge in [0, 0.05) is 35.7 Å². The molecule has 0 unspecified atom stereocenters. The van der Waals surface area contributed by atoms with Crippen molar-refractivity contribution in [1.29, 1.82) is 0 Å². The predicted molar refractivity (Wildman–Crippen MR) is 134 cm³/mol. The molecule has 0 aliphatic carbocycles. The van der Waals surface area contributed by atoms with E-state index in [1.165, 1.54) is 0 Å². The number of aryl methyl sites for hydroxylation is 1. The van der Waals surface area contributed by atoms with E-state index in [4.69, 9.17) is 13.9 Å². The van der Waals surface area contributed by atoms with E-state index in [-0.39, 0.29) is 23.1 Å². The minimum atomic E-state index is -0.632. The molecule has 170 valence electrons. The fourth-order valence-electron chi connectivity index (χ4n) is 3.83. The minimum absolute atomic E-state index is 0.0880. The molecule has 0 spiro atoms. The summed E-state index contributed by atoms with van der Waals surface area (Å²) in [5, 5.41) is 0.786. The zero-order chi connectivity index (χ0) is 24.0. The first-order valence-corrected chi connectivity index (χ1v) is 11.4. The largest absolute Gasteiger partial charge is 0.452 e. The molecule has 6 nitrogen and oxygen atoms in total. The van der Waals surface area contributed by atoms with Crippen LogP contribution < -0.4 is 14.4 Å². The SMILES string of the molecule is Cc1cc(OC(=O)c2cc3cc(Br)ccc3o2)cc2c1C(=O)/C(=C/c1ccc(N(C)C)cc1)O2. The molecule has 1 aromatic heterocycles. The van der Waals surface area contributed by atoms with E-state index in [2.05, 4.69) is 15.9 Å². The topological polar surface area (TPSA) is 69.0 Å². The van der Waals surface area contributed by atoms with Crippen molar-refractivity contribution in [3.63, 3.8) is 0 Å². The molecule has 4 aromatic rings. The molecule has 0 saturated heterocycles. The van der Waals surface area contributed by atoms with E-state index in [9.17, 15) is 9.59 Å². The molecule has 0 radical (unpaired) electrons. The van der Waals surface area contributed by atoms with Crippen molar-refractivity contribution in [2.45, 2.75) is 6.92 Å². The van der Waals surface area contributed by atoms with E-state index in [1.54, 1.807) is 37.3 Å². The fraction of sp³-hybridized carbons (Fsp3) is 0.111. The molecule has 5 rings (SSSR count). The number of esters is 1. The third-order valence-corrected chi connectivity index (χ3v) is 6.03. The number of ether oxygens (including phenoxy) is 2. The average Bonchev–Trinajstić information content (AvgIpc) is 3.35. The number of allylic oxidation sites excluding steroid dienone is 1. The number of halogens is 1. The van der Waals surface area contributed by atoms with Crippen molar-refractivity contribution in [2.24, 2.45) is 0 Å². The lowest BCUT2D eigenvalue weighted by Crippen LogP contribution is -2.08. The molecule has 34 heavy (non-hydrogen) atoms. The summed E-state index contributed by atoms with van der Waals surface area (Å²) < 4.78 is 17.9. The Bertz CT molecular complexity index is 1480. The normalized spacial score (nSPS) is 13.8. The van der Waals surface area contributed by atoms with Gasteiger partial charge in [0.1, 0.15) is 17.1 Å². The number of Topliss-reactive ketones (excluding diaryl/α,β-unsaturated/α-hetero) is 1. The van der Waals surface area contributed by atoms with Crippen LogP contribution in [0.25, 0.3) is 17.0 Å². The number of rotatable bonds is 4. The summed E-state index contributed by atoms with van der Waals surface area (Å²) in [4.78, 5) is 27.6. The number of hydrogen-bond donors (Lipinski definition) is 0. The Morgan fingerprint density at radius 1 is 1.03 bits per heavy atom. The molecule has 0 atom stereocenters. The summed E-state index contributed by atoms with van der Waals surface area (Å²) in [6.45, 7) is 1.78. The lowest BCUT2D eigenvalue weighted by atomic mass is 10.0. The zero-order valence-corrected chi connectivity index (χ0v) is 20.3. The first-order valence-electron chi connectivity index (χ1n) is 10.6. The molecular weight excluding hydrogens is 498 g/mol. The van der Waals surface area contributed by atoms with Crippen molar-refractivity contribution in [1.82, 2.24) is 0 Å². The maximum Gasteiger partial charge on any atom is 0.379 e. The number of ketones is 1. The summed E-state index contributed by atoms with van der Waals surface area (Å²) >= 11 is 3.40. The van der Waals surface area contributed by atoms with Crippen LogP contribution in [0.3, 0.4) is 0 Å². The summed E-state index contributed by atoms with van der Waals surface area (Å²) in [7, 11) is 3.93. The van der Waals surface area contributed by atoms with Crippen LogP contribution in [0.2, 0.25) is 0 Å². The van der Waals surface area contributed by atoms with E-state index in [0.717, 1.165) is 21.1 Å². The molecule has 0 saturated carbocycles. The lowest BCUT2D eigenvalue weighted by molar-refractivity contribution is 0.0703. The van der Waals surface area contributed by atoms with Crippen LogP contribution in [0.4, 0.5) is 5.69 Å². The van der Waals surface area contributed by atoms with Crippen LogP contribution in [0.1, 0.15) is 32.0 Å². The maximum atomic E-state index is 13.0. The maximum absolute atomic E-state index is 13.0. The van der Waals surface area contributed by atoms with Gasteiger partial charge in [-0.25, -0.2) is 4.79 Å². The molecule has 3 aromatic carbocycles. The number of benzene rings is 3. The van der Waals surface area contributed by atoms with Crippen LogP contribution >= 0.6 is 15.9 Å². The first kappa shape index (κ1) is 22.0. The highest BCUT2D eigenvalue weighted by Gasteiger charge is 2.30. The van der Waals surface area contributed by atoms with Crippen molar-refractivity contribution in [3.8, 4) is 11.5 Å². The number of carbonyl (C=O) groups is 2. The molecule has 1 aliphatic rings. The summed E-state index contributed by atoms with van der Waals surface area (Å²) in [5.41, 5.74) is 3.61. The first-order chi connectivity index (χ1) is 16.3. The van der Waals surface area contributed by atoms with Crippen LogP contribution in [0, 0.1) is 6.92 Å². The van der Waals surface area contributed by atoms with Gasteiger partial charge >= 0.3 is 5.97 Å². The third-order valence-electron chi connectivity index (χ3n) is 5.54. The van der Waals surface area contributed by atoms with Crippen molar-refractivity contribution < 1.29 is 23.5 Å². The second-order valence-electron chi connectivity index (χ2n) is 8.22. The molecule has 2 heterocycles. The highest BCUT2D eigenvalue weighted by molar-refractivity contribution is 9.10. The van der Waals surface area contributed by atoms with Gasteiger partial charge in [-0.1, -0.05) is 28.1 Å². The standard InChI is InChI=1S/C27H20BrNO5/c1-15-10-20(32-27(31)24-13-17-12-18(28)6-9-21(17)33-24)14-22-25(15)26(30)23(34-22)11-16-4-7-19(8-5-16)29(2)3/h4-14H,1-3H3/b23-11-. The number of nitrogens with zero attached hydrogens (tertiary/aromatic N) is 1. The number of carbonyl (C=O) groups excluding carboxylic acids is 2. The highest BCUT2D eigenvalue weighted by atomic mass is 79.9. The summed E-state index contributed by atoms with van der Waals surface area (Å²) in [5.74, 6) is 0.106. The molecule has 0 amide bonds. The van der Waals surface area contributed by atoms with Crippen molar-refractivity contribution in [3.05, 3.63) is 93.3 Å². The van der Waals surface area contributed by atoms with E-state index in [1.807, 2.05) is 55.4 Å². The van der Waals surface area contributed by atoms with Gasteiger partial charge in [0.15, 0.2) is 5.76 Å². The van der Waals surface area contributed by atoms with E-state index < -0.39 is 5.97 Å². The minimum Gasteiger partial charge on any atom is -0.452 e. The van der Waals surface area contributed by atoms with Crippen molar-refractivity contribution >= 4 is 50.4 Å². The Balaban J connectivity index is 1.38. The van der Waals surface area contributed by atoms with Gasteiger partial charge in [-0.2, -0.15) is 0 Å². The van der Waals surface area contributed by atoms with E-state index >= 15 is 0 Å². The van der Waals surface area contributed by atoms with Gasteiger partial charge in [0.2, 0.25) is 11.5 Å². The van der Waals surface area contributed by atoms with Crippen LogP contribution in [-0.4, -0.2) is 25.8 Å². The Kier molecular flexibility index (Phi) is 5.49. The van der Waals surface area contributed by atoms with Gasteiger partial charge in [-0.3, -0.25) is 4.79 Å². The molecular formula is C27H20BrNO5. The number of hydrogen-bond acceptors (Lipinski definition) is 6. The predicted octanol–water partition coefficient (Wildman–Crippen LogP) is 6.41. The second kappa shape index (κ2) is 8.50. The second-order valence-corrected chi connectivity index (χ2v) is 9.14. The lowest BCUT2D eigenvalue weighted by Gasteiger charge is -2.11. The third kappa shape index (κ3) is 4.10. The number of furan rings is 1. The van der Waals surface area contributed by atoms with Gasteiger partial charge in [0.25, 0.3) is 0 Å². The Labute approximate surface area is 204 Å². The van der Waals surface area contributed by atoms with Gasteiger partial charge < -0.3 is 18.8 Å². The monoisotopic (exact) mass is 517 g/mol. The Morgan fingerprint density at radius 2 is 1.79 bits per heavy atom. The van der Waals surface area contributed by atoms with Crippen LogP contribution in [-0.2, 0) is 0 Å². The van der Waals surface area contributed by atoms with Crippen LogP contribution in [0.5, 0.6) is 11.5 Å². The fourth-order valence-corrected chi connectivity index (χ4v) is 4.21. The molecule has 0 bridgehead atoms. The average molecular weight is 518 g/mol. The Hall–Kier alpha value is -3.84. The summed E-state index contributed by atoms with van der Waals surface area (Å²) in [6, 6.07) is 18.1. The number of anilines is 1.